The van der Waals surface area contributed by atoms with Crippen LogP contribution in [0.15, 0.2) is 18.2 Å². The van der Waals surface area contributed by atoms with E-state index in [0.717, 1.165) is 43.5 Å². The Hall–Kier alpha value is -1.72. The number of rotatable bonds is 6. The lowest BCUT2D eigenvalue weighted by atomic mass is 9.92. The van der Waals surface area contributed by atoms with Gasteiger partial charge >= 0.3 is 12.1 Å². The predicted molar refractivity (Wildman–Crippen MR) is 87.1 cm³/mol. The lowest BCUT2D eigenvalue weighted by Crippen LogP contribution is -2.39. The van der Waals surface area contributed by atoms with Gasteiger partial charge in [-0.1, -0.05) is 6.92 Å². The monoisotopic (exact) mass is 343 g/mol. The zero-order valence-electron chi connectivity index (χ0n) is 14.2. The van der Waals surface area contributed by atoms with Crippen molar-refractivity contribution in [2.45, 2.75) is 57.7 Å². The van der Waals surface area contributed by atoms with Crippen LogP contribution >= 0.6 is 0 Å². The first kappa shape index (κ1) is 18.6. The lowest BCUT2D eigenvalue weighted by molar-refractivity contribution is -0.140. The molecule has 0 radical (unpaired) electrons. The summed E-state index contributed by atoms with van der Waals surface area (Å²) in [6.45, 7) is 2.84. The maximum absolute atomic E-state index is 12.9. The number of carbonyl (C=O) groups is 1. The SMILES string of the molecule is CCC1CCc2cc(C(F)(F)F)ccc2N1CCCCC(=O)OC. The van der Waals surface area contributed by atoms with Gasteiger partial charge < -0.3 is 9.64 Å². The average Bonchev–Trinajstić information content (AvgIpc) is 2.56. The molecule has 0 aromatic heterocycles. The van der Waals surface area contributed by atoms with Crippen LogP contribution in [0.1, 0.15) is 50.2 Å². The Kier molecular flexibility index (Phi) is 6.13. The van der Waals surface area contributed by atoms with Crippen LogP contribution in [-0.4, -0.2) is 25.7 Å². The summed E-state index contributed by atoms with van der Waals surface area (Å²) in [6.07, 6.45) is 0.0975. The lowest BCUT2D eigenvalue weighted by Gasteiger charge is -2.39. The molecule has 0 N–H and O–H groups in total. The summed E-state index contributed by atoms with van der Waals surface area (Å²) in [5, 5.41) is 0. The number of anilines is 1. The Morgan fingerprint density at radius 1 is 1.33 bits per heavy atom. The number of unbranched alkanes of at least 4 members (excludes halogenated alkanes) is 1. The fraction of sp³-hybridized carbons (Fsp3) is 0.611. The summed E-state index contributed by atoms with van der Waals surface area (Å²) in [7, 11) is 1.37. The molecular formula is C18H24F3NO2. The van der Waals surface area contributed by atoms with Crippen LogP contribution in [0.25, 0.3) is 0 Å². The van der Waals surface area contributed by atoms with Crippen LogP contribution in [0.2, 0.25) is 0 Å². The van der Waals surface area contributed by atoms with Gasteiger partial charge in [-0.15, -0.1) is 0 Å². The molecule has 1 atom stereocenters. The molecule has 1 aromatic carbocycles. The fourth-order valence-electron chi connectivity index (χ4n) is 3.30. The summed E-state index contributed by atoms with van der Waals surface area (Å²) in [5.41, 5.74) is 1.09. The molecule has 134 valence electrons. The highest BCUT2D eigenvalue weighted by atomic mass is 19.4. The first-order valence-corrected chi connectivity index (χ1v) is 8.40. The smallest absolute Gasteiger partial charge is 0.416 e. The maximum atomic E-state index is 12.9. The fourth-order valence-corrected chi connectivity index (χ4v) is 3.30. The zero-order chi connectivity index (χ0) is 17.7. The summed E-state index contributed by atoms with van der Waals surface area (Å²) in [6, 6.07) is 4.38. The van der Waals surface area contributed by atoms with Gasteiger partial charge in [-0.25, -0.2) is 0 Å². The van der Waals surface area contributed by atoms with Gasteiger partial charge in [0.2, 0.25) is 0 Å². The number of ether oxygens (including phenoxy) is 1. The summed E-state index contributed by atoms with van der Waals surface area (Å²) in [5.74, 6) is -0.226. The molecule has 1 heterocycles. The second-order valence-electron chi connectivity index (χ2n) is 6.17. The number of carbonyl (C=O) groups excluding carboxylic acids is 1. The predicted octanol–water partition coefficient (Wildman–Crippen LogP) is 4.58. The van der Waals surface area contributed by atoms with E-state index in [0.29, 0.717) is 18.9 Å². The number of esters is 1. The highest BCUT2D eigenvalue weighted by Gasteiger charge is 2.33. The van der Waals surface area contributed by atoms with Gasteiger partial charge in [0.05, 0.1) is 12.7 Å². The van der Waals surface area contributed by atoms with Gasteiger partial charge in [0.15, 0.2) is 0 Å². The number of benzene rings is 1. The minimum absolute atomic E-state index is 0.226. The Balaban J connectivity index is 2.10. The molecule has 0 saturated heterocycles. The van der Waals surface area contributed by atoms with Crippen molar-refractivity contribution in [1.82, 2.24) is 0 Å². The standard InChI is InChI=1S/C18H24F3NO2/c1-3-15-9-7-13-12-14(18(19,20)21)8-10-16(13)22(15)11-5-4-6-17(23)24-2/h8,10,12,15H,3-7,9,11H2,1-2H3. The molecule has 1 aliphatic rings. The van der Waals surface area contributed by atoms with Crippen LogP contribution in [0, 0.1) is 0 Å². The Bertz CT molecular complexity index is 572. The normalized spacial score (nSPS) is 17.5. The molecule has 0 spiro atoms. The zero-order valence-corrected chi connectivity index (χ0v) is 14.2. The largest absolute Gasteiger partial charge is 0.469 e. The Morgan fingerprint density at radius 3 is 2.71 bits per heavy atom. The number of methoxy groups -OCH3 is 1. The van der Waals surface area contributed by atoms with Crippen LogP contribution in [-0.2, 0) is 22.1 Å². The van der Waals surface area contributed by atoms with Gasteiger partial charge in [0.25, 0.3) is 0 Å². The third kappa shape index (κ3) is 4.42. The Morgan fingerprint density at radius 2 is 2.08 bits per heavy atom. The summed E-state index contributed by atoms with van der Waals surface area (Å²) >= 11 is 0. The molecule has 0 aliphatic carbocycles. The van der Waals surface area contributed by atoms with Crippen molar-refractivity contribution in [1.29, 1.82) is 0 Å². The Labute approximate surface area is 140 Å². The highest BCUT2D eigenvalue weighted by molar-refractivity contribution is 5.69. The molecule has 6 heteroatoms. The van der Waals surface area contributed by atoms with E-state index in [9.17, 15) is 18.0 Å². The van der Waals surface area contributed by atoms with E-state index in [2.05, 4.69) is 16.6 Å². The summed E-state index contributed by atoms with van der Waals surface area (Å²) in [4.78, 5) is 13.4. The first-order valence-electron chi connectivity index (χ1n) is 8.40. The van der Waals surface area contributed by atoms with Gasteiger partial charge in [-0.3, -0.25) is 4.79 Å². The second-order valence-corrected chi connectivity index (χ2v) is 6.17. The highest BCUT2D eigenvalue weighted by Crippen LogP contribution is 2.37. The van der Waals surface area contributed by atoms with Crippen molar-refractivity contribution in [3.63, 3.8) is 0 Å². The quantitative estimate of drug-likeness (QED) is 0.559. The minimum atomic E-state index is -4.30. The van der Waals surface area contributed by atoms with Crippen LogP contribution < -0.4 is 4.90 Å². The molecule has 1 unspecified atom stereocenters. The second kappa shape index (κ2) is 7.90. The number of alkyl halides is 3. The molecular weight excluding hydrogens is 319 g/mol. The third-order valence-electron chi connectivity index (χ3n) is 4.63. The first-order chi connectivity index (χ1) is 11.4. The molecule has 0 saturated carbocycles. The van der Waals surface area contributed by atoms with Gasteiger partial charge in [0, 0.05) is 24.7 Å². The number of fused-ring (bicyclic) bond motifs is 1. The van der Waals surface area contributed by atoms with Crippen molar-refractivity contribution >= 4 is 11.7 Å². The van der Waals surface area contributed by atoms with Gasteiger partial charge in [-0.2, -0.15) is 13.2 Å². The molecule has 0 bridgehead atoms. The molecule has 0 amide bonds. The van der Waals surface area contributed by atoms with Crippen molar-refractivity contribution in [2.75, 3.05) is 18.6 Å². The van der Waals surface area contributed by atoms with Gasteiger partial charge in [-0.05, 0) is 55.9 Å². The number of nitrogens with zero attached hydrogens (tertiary/aromatic N) is 1. The number of halogens is 3. The van der Waals surface area contributed by atoms with E-state index in [1.54, 1.807) is 6.07 Å². The van der Waals surface area contributed by atoms with Crippen LogP contribution in [0.5, 0.6) is 0 Å². The molecule has 1 aromatic rings. The van der Waals surface area contributed by atoms with Gasteiger partial charge in [0.1, 0.15) is 0 Å². The molecule has 0 fully saturated rings. The average molecular weight is 343 g/mol. The third-order valence-corrected chi connectivity index (χ3v) is 4.63. The number of aryl methyl sites for hydroxylation is 1. The molecule has 24 heavy (non-hydrogen) atoms. The molecule has 3 nitrogen and oxygen atoms in total. The maximum Gasteiger partial charge on any atom is 0.416 e. The molecule has 1 aliphatic heterocycles. The van der Waals surface area contributed by atoms with E-state index in [4.69, 9.17) is 0 Å². The van der Waals surface area contributed by atoms with Crippen molar-refractivity contribution in [3.8, 4) is 0 Å². The number of hydrogen-bond acceptors (Lipinski definition) is 3. The van der Waals surface area contributed by atoms with Crippen molar-refractivity contribution in [2.24, 2.45) is 0 Å². The van der Waals surface area contributed by atoms with E-state index in [1.165, 1.54) is 19.2 Å². The minimum Gasteiger partial charge on any atom is -0.469 e. The van der Waals surface area contributed by atoms with Crippen LogP contribution in [0.4, 0.5) is 18.9 Å². The molecule has 2 rings (SSSR count). The van der Waals surface area contributed by atoms with Crippen molar-refractivity contribution in [3.05, 3.63) is 29.3 Å². The van der Waals surface area contributed by atoms with E-state index in [-0.39, 0.29) is 5.97 Å². The summed E-state index contributed by atoms with van der Waals surface area (Å²) < 4.78 is 43.3. The van der Waals surface area contributed by atoms with E-state index >= 15 is 0 Å². The topological polar surface area (TPSA) is 29.5 Å². The number of hydrogen-bond donors (Lipinski definition) is 0. The van der Waals surface area contributed by atoms with E-state index in [1.807, 2.05) is 0 Å². The van der Waals surface area contributed by atoms with Crippen LogP contribution in [0.3, 0.4) is 0 Å². The van der Waals surface area contributed by atoms with Crippen molar-refractivity contribution < 1.29 is 22.7 Å². The van der Waals surface area contributed by atoms with E-state index < -0.39 is 11.7 Å².